The van der Waals surface area contributed by atoms with Crippen LogP contribution in [0.2, 0.25) is 0 Å². The molecule has 0 saturated carbocycles. The number of carbonyl (C=O) groups excluding carboxylic acids is 2. The van der Waals surface area contributed by atoms with E-state index < -0.39 is 11.8 Å². The van der Waals surface area contributed by atoms with Crippen LogP contribution in [0.15, 0.2) is 35.4 Å². The number of hydrogen-bond donors (Lipinski definition) is 0. The van der Waals surface area contributed by atoms with Gasteiger partial charge in [-0.2, -0.15) is 5.26 Å². The highest BCUT2D eigenvalue weighted by Crippen LogP contribution is 2.33. The minimum absolute atomic E-state index is 0.0287. The fraction of sp³-hybridized carbons (Fsp3) is 0.235. The number of nitriles is 1. The van der Waals surface area contributed by atoms with Crippen molar-refractivity contribution in [2.75, 3.05) is 4.90 Å². The van der Waals surface area contributed by atoms with Crippen molar-refractivity contribution < 1.29 is 9.59 Å². The quantitative estimate of drug-likeness (QED) is 0.587. The Hall–Kier alpha value is -2.67. The zero-order chi connectivity index (χ0) is 15.9. The summed E-state index contributed by atoms with van der Waals surface area (Å²) in [6.07, 6.45) is 0. The van der Waals surface area contributed by atoms with Crippen LogP contribution in [0.25, 0.3) is 0 Å². The molecule has 2 rings (SSSR count). The Balaban J connectivity index is 2.72. The fourth-order valence-corrected chi connectivity index (χ4v) is 2.67. The van der Waals surface area contributed by atoms with E-state index >= 15 is 0 Å². The summed E-state index contributed by atoms with van der Waals surface area (Å²) in [5.74, 6) is -1.05. The van der Waals surface area contributed by atoms with Gasteiger partial charge >= 0.3 is 0 Å². The summed E-state index contributed by atoms with van der Waals surface area (Å²) >= 11 is 0. The van der Waals surface area contributed by atoms with Crippen molar-refractivity contribution >= 4 is 17.5 Å². The number of imide groups is 1. The molecule has 0 saturated heterocycles. The van der Waals surface area contributed by atoms with Crippen molar-refractivity contribution in [3.63, 3.8) is 0 Å². The molecule has 1 aliphatic heterocycles. The molecule has 0 fully saturated rings. The number of amides is 2. The first kappa shape index (κ1) is 14.7. The van der Waals surface area contributed by atoms with Crippen LogP contribution in [0.5, 0.6) is 0 Å². The molecule has 21 heavy (non-hydrogen) atoms. The maximum atomic E-state index is 12.5. The number of nitrogens with zero attached hydrogens (tertiary/aromatic N) is 2. The molecule has 0 N–H and O–H groups in total. The van der Waals surface area contributed by atoms with Crippen molar-refractivity contribution in [2.45, 2.75) is 27.7 Å². The average molecular weight is 280 g/mol. The number of rotatable bonds is 1. The molecule has 0 atom stereocenters. The number of aryl methyl sites for hydroxylation is 3. The van der Waals surface area contributed by atoms with Gasteiger partial charge in [0.15, 0.2) is 0 Å². The van der Waals surface area contributed by atoms with Crippen LogP contribution >= 0.6 is 0 Å². The molecule has 4 heteroatoms. The lowest BCUT2D eigenvalue weighted by atomic mass is 9.94. The molecular weight excluding hydrogens is 264 g/mol. The lowest BCUT2D eigenvalue weighted by Gasteiger charge is -2.29. The van der Waals surface area contributed by atoms with Gasteiger partial charge in [0, 0.05) is 5.57 Å². The molecule has 1 heterocycles. The second kappa shape index (κ2) is 5.02. The van der Waals surface area contributed by atoms with Gasteiger partial charge in [0.05, 0.1) is 5.69 Å². The third-order valence-corrected chi connectivity index (χ3v) is 3.68. The summed E-state index contributed by atoms with van der Waals surface area (Å²) in [5, 5.41) is 9.18. The molecule has 0 unspecified atom stereocenters. The highest BCUT2D eigenvalue weighted by molar-refractivity contribution is 6.31. The summed E-state index contributed by atoms with van der Waals surface area (Å²) in [5.41, 5.74) is 3.74. The van der Waals surface area contributed by atoms with Crippen LogP contribution in [-0.4, -0.2) is 11.8 Å². The van der Waals surface area contributed by atoms with Gasteiger partial charge in [0.2, 0.25) is 0 Å². The van der Waals surface area contributed by atoms with E-state index in [1.54, 1.807) is 6.92 Å². The first-order chi connectivity index (χ1) is 9.79. The molecule has 2 amide bonds. The largest absolute Gasteiger partial charge is 0.276 e. The number of carbonyl (C=O) groups is 2. The lowest BCUT2D eigenvalue weighted by molar-refractivity contribution is -0.122. The molecule has 0 spiro atoms. The molecule has 1 aromatic carbocycles. The number of hydrogen-bond acceptors (Lipinski definition) is 3. The van der Waals surface area contributed by atoms with Gasteiger partial charge in [0.1, 0.15) is 11.6 Å². The van der Waals surface area contributed by atoms with E-state index in [1.807, 2.05) is 39.0 Å². The Morgan fingerprint density at radius 1 is 1.05 bits per heavy atom. The molecule has 1 aromatic rings. The monoisotopic (exact) mass is 280 g/mol. The topological polar surface area (TPSA) is 61.2 Å². The van der Waals surface area contributed by atoms with Crippen LogP contribution in [0.4, 0.5) is 5.69 Å². The van der Waals surface area contributed by atoms with Gasteiger partial charge < -0.3 is 0 Å². The first-order valence-corrected chi connectivity index (χ1v) is 6.56. The van der Waals surface area contributed by atoms with Crippen LogP contribution in [0, 0.1) is 32.1 Å². The summed E-state index contributed by atoms with van der Waals surface area (Å²) in [4.78, 5) is 26.0. The predicted molar refractivity (Wildman–Crippen MR) is 80.6 cm³/mol. The van der Waals surface area contributed by atoms with E-state index in [0.29, 0.717) is 11.3 Å². The van der Waals surface area contributed by atoms with E-state index in [-0.39, 0.29) is 11.1 Å². The third kappa shape index (κ3) is 2.17. The van der Waals surface area contributed by atoms with E-state index in [1.165, 1.54) is 0 Å². The molecule has 0 radical (unpaired) electrons. The van der Waals surface area contributed by atoms with E-state index in [4.69, 9.17) is 0 Å². The smallest absolute Gasteiger partial charge is 0.268 e. The van der Waals surface area contributed by atoms with Crippen molar-refractivity contribution in [3.8, 4) is 6.07 Å². The molecule has 4 nitrogen and oxygen atoms in total. The Morgan fingerprint density at radius 3 is 2.05 bits per heavy atom. The van der Waals surface area contributed by atoms with E-state index in [0.717, 1.165) is 21.6 Å². The zero-order valence-corrected chi connectivity index (χ0v) is 12.6. The molecule has 106 valence electrons. The zero-order valence-electron chi connectivity index (χ0n) is 12.6. The highest BCUT2D eigenvalue weighted by Gasteiger charge is 2.36. The van der Waals surface area contributed by atoms with Gasteiger partial charge in [-0.15, -0.1) is 0 Å². The van der Waals surface area contributed by atoms with Crippen molar-refractivity contribution in [3.05, 3.63) is 52.1 Å². The lowest BCUT2D eigenvalue weighted by Crippen LogP contribution is -2.43. The van der Waals surface area contributed by atoms with Gasteiger partial charge in [-0.3, -0.25) is 9.59 Å². The second-order valence-electron chi connectivity index (χ2n) is 5.28. The summed E-state index contributed by atoms with van der Waals surface area (Å²) < 4.78 is 0. The van der Waals surface area contributed by atoms with Gasteiger partial charge in [-0.1, -0.05) is 24.3 Å². The predicted octanol–water partition coefficient (Wildman–Crippen LogP) is 2.88. The van der Waals surface area contributed by atoms with Crippen molar-refractivity contribution in [2.24, 2.45) is 0 Å². The molecule has 0 bridgehead atoms. The van der Waals surface area contributed by atoms with Gasteiger partial charge in [-0.05, 0) is 44.4 Å². The first-order valence-electron chi connectivity index (χ1n) is 6.56. The normalized spacial score (nSPS) is 15.6. The summed E-state index contributed by atoms with van der Waals surface area (Å²) in [6.45, 7) is 10.9. The SMILES string of the molecule is C=C1C(=O)N(c2c(C)cc(C)cc2C)C(=O)C(C#N)=C1C. The molecular formula is C17H16N2O2. The minimum Gasteiger partial charge on any atom is -0.268 e. The highest BCUT2D eigenvalue weighted by atomic mass is 16.2. The maximum absolute atomic E-state index is 12.5. The molecule has 1 aliphatic rings. The number of benzene rings is 1. The van der Waals surface area contributed by atoms with Gasteiger partial charge in [-0.25, -0.2) is 4.90 Å². The van der Waals surface area contributed by atoms with Crippen molar-refractivity contribution in [1.82, 2.24) is 0 Å². The third-order valence-electron chi connectivity index (χ3n) is 3.68. The van der Waals surface area contributed by atoms with Crippen LogP contribution in [0.1, 0.15) is 23.6 Å². The fourth-order valence-electron chi connectivity index (χ4n) is 2.67. The van der Waals surface area contributed by atoms with E-state index in [2.05, 4.69) is 6.58 Å². The van der Waals surface area contributed by atoms with Crippen LogP contribution in [-0.2, 0) is 9.59 Å². The van der Waals surface area contributed by atoms with Gasteiger partial charge in [0.25, 0.3) is 11.8 Å². The van der Waals surface area contributed by atoms with E-state index in [9.17, 15) is 14.9 Å². The molecule has 0 aromatic heterocycles. The Kier molecular flexibility index (Phi) is 3.52. The Morgan fingerprint density at radius 2 is 1.57 bits per heavy atom. The number of anilines is 1. The van der Waals surface area contributed by atoms with Crippen molar-refractivity contribution in [1.29, 1.82) is 5.26 Å². The standard InChI is InChI=1S/C17H16N2O2/c1-9-6-10(2)15(11(3)7-9)19-16(20)13(5)12(4)14(8-18)17(19)21/h6-7H,5H2,1-4H3. The van der Waals surface area contributed by atoms with Crippen LogP contribution in [0.3, 0.4) is 0 Å². The Bertz CT molecular complexity index is 740. The summed E-state index contributed by atoms with van der Waals surface area (Å²) in [6, 6.07) is 5.69. The Labute approximate surface area is 124 Å². The maximum Gasteiger partial charge on any atom is 0.276 e. The second-order valence-corrected chi connectivity index (χ2v) is 5.28. The minimum atomic E-state index is -0.581. The molecule has 0 aliphatic carbocycles. The average Bonchev–Trinajstić information content (AvgIpc) is 2.40. The summed E-state index contributed by atoms with van der Waals surface area (Å²) in [7, 11) is 0. The van der Waals surface area contributed by atoms with Crippen LogP contribution < -0.4 is 4.90 Å².